The molecule has 3 aromatic rings. The highest BCUT2D eigenvalue weighted by atomic mass is 19.1. The molecule has 0 aromatic heterocycles. The molecular weight excluding hydrogens is 504 g/mol. The van der Waals surface area contributed by atoms with Gasteiger partial charge in [0.1, 0.15) is 17.2 Å². The van der Waals surface area contributed by atoms with E-state index in [9.17, 15) is 23.2 Å². The number of carbonyl (C=O) groups excluding carboxylic acids is 3. The summed E-state index contributed by atoms with van der Waals surface area (Å²) in [6.45, 7) is 7.20. The first kappa shape index (κ1) is 28.1. The van der Waals surface area contributed by atoms with E-state index in [0.29, 0.717) is 43.0 Å². The number of rotatable bonds is 7. The van der Waals surface area contributed by atoms with Gasteiger partial charge in [-0.05, 0) is 61.7 Å². The highest BCUT2D eigenvalue weighted by Crippen LogP contribution is 2.31. The fraction of sp³-hybridized carbons (Fsp3) is 0.323. The zero-order valence-electron chi connectivity index (χ0n) is 22.2. The molecule has 8 heteroatoms. The smallest absolute Gasteiger partial charge is 0.307 e. The molecule has 1 aliphatic heterocycles. The van der Waals surface area contributed by atoms with Gasteiger partial charge in [-0.2, -0.15) is 0 Å². The van der Waals surface area contributed by atoms with Gasteiger partial charge in [0.2, 0.25) is 0 Å². The number of carbonyl (C=O) groups is 3. The van der Waals surface area contributed by atoms with Crippen LogP contribution in [0.3, 0.4) is 0 Å². The highest BCUT2D eigenvalue weighted by molar-refractivity contribution is 6.03. The average Bonchev–Trinajstić information content (AvgIpc) is 2.91. The molecule has 0 bridgehead atoms. The Morgan fingerprint density at radius 3 is 2.13 bits per heavy atom. The van der Waals surface area contributed by atoms with Crippen molar-refractivity contribution < 1.29 is 32.6 Å². The molecule has 0 spiro atoms. The van der Waals surface area contributed by atoms with Crippen molar-refractivity contribution in [3.8, 4) is 11.1 Å². The Labute approximate surface area is 226 Å². The Kier molecular flexibility index (Phi) is 8.55. The van der Waals surface area contributed by atoms with Crippen LogP contribution in [0.25, 0.3) is 11.1 Å². The lowest BCUT2D eigenvalue weighted by Gasteiger charge is -2.26. The van der Waals surface area contributed by atoms with Crippen molar-refractivity contribution >= 4 is 17.7 Å². The van der Waals surface area contributed by atoms with Crippen LogP contribution in [-0.4, -0.2) is 54.5 Å². The largest absolute Gasteiger partial charge is 0.460 e. The van der Waals surface area contributed by atoms with Crippen molar-refractivity contribution in [2.24, 2.45) is 0 Å². The molecule has 1 fully saturated rings. The third-order valence-electron chi connectivity index (χ3n) is 6.37. The first-order valence-electron chi connectivity index (χ1n) is 12.8. The van der Waals surface area contributed by atoms with E-state index in [2.05, 4.69) is 0 Å². The molecule has 1 heterocycles. The van der Waals surface area contributed by atoms with Crippen molar-refractivity contribution in [3.05, 3.63) is 95.1 Å². The van der Waals surface area contributed by atoms with E-state index in [-0.39, 0.29) is 12.3 Å². The van der Waals surface area contributed by atoms with Crippen LogP contribution in [0.1, 0.15) is 59.4 Å². The summed E-state index contributed by atoms with van der Waals surface area (Å²) in [4.78, 5) is 40.7. The summed E-state index contributed by atoms with van der Waals surface area (Å²) in [5.74, 6) is -4.74. The number of esters is 1. The number of ether oxygens (including phenoxy) is 2. The van der Waals surface area contributed by atoms with Crippen LogP contribution >= 0.6 is 0 Å². The molecule has 1 saturated heterocycles. The minimum absolute atomic E-state index is 0.0754. The number of Topliss-reactive ketones (excluding diaryl/α,β-unsaturated/α-hetero) is 1. The lowest BCUT2D eigenvalue weighted by Crippen LogP contribution is -2.40. The summed E-state index contributed by atoms with van der Waals surface area (Å²) in [5.41, 5.74) is 0.965. The number of hydrogen-bond acceptors (Lipinski definition) is 5. The topological polar surface area (TPSA) is 72.9 Å². The maximum atomic E-state index is 14.6. The molecule has 3 aromatic carbocycles. The van der Waals surface area contributed by atoms with E-state index in [1.54, 1.807) is 68.1 Å². The normalized spacial score (nSPS) is 14.5. The molecule has 6 nitrogen and oxygen atoms in total. The summed E-state index contributed by atoms with van der Waals surface area (Å²) in [6, 6.07) is 17.2. The van der Waals surface area contributed by atoms with Gasteiger partial charge in [0.15, 0.2) is 5.78 Å². The maximum absolute atomic E-state index is 14.6. The third-order valence-corrected chi connectivity index (χ3v) is 6.37. The van der Waals surface area contributed by atoms with Crippen LogP contribution in [0.4, 0.5) is 8.78 Å². The second kappa shape index (κ2) is 11.9. The predicted octanol–water partition coefficient (Wildman–Crippen LogP) is 5.80. The molecule has 0 aliphatic carbocycles. The zero-order chi connectivity index (χ0) is 28.2. The van der Waals surface area contributed by atoms with Gasteiger partial charge in [0.25, 0.3) is 5.91 Å². The van der Waals surface area contributed by atoms with E-state index < -0.39 is 40.5 Å². The lowest BCUT2D eigenvalue weighted by atomic mass is 9.86. The second-order valence-corrected chi connectivity index (χ2v) is 10.4. The number of benzene rings is 3. The fourth-order valence-electron chi connectivity index (χ4n) is 4.51. The van der Waals surface area contributed by atoms with Gasteiger partial charge in [0, 0.05) is 18.7 Å². The molecule has 1 amide bonds. The molecular formula is C31H31F2NO5. The van der Waals surface area contributed by atoms with Crippen molar-refractivity contribution in [1.29, 1.82) is 0 Å². The molecule has 1 aliphatic rings. The van der Waals surface area contributed by atoms with Crippen LogP contribution in [-0.2, 0) is 14.3 Å². The number of amides is 1. The Balaban J connectivity index is 1.64. The Morgan fingerprint density at radius 1 is 0.897 bits per heavy atom. The van der Waals surface area contributed by atoms with Gasteiger partial charge in [-0.3, -0.25) is 14.4 Å². The van der Waals surface area contributed by atoms with Gasteiger partial charge in [0.05, 0.1) is 31.1 Å². The number of halogens is 2. The van der Waals surface area contributed by atoms with Crippen molar-refractivity contribution in [1.82, 2.24) is 4.90 Å². The van der Waals surface area contributed by atoms with E-state index in [1.807, 2.05) is 6.07 Å². The lowest BCUT2D eigenvalue weighted by molar-refractivity contribution is -0.155. The zero-order valence-corrected chi connectivity index (χ0v) is 22.2. The first-order chi connectivity index (χ1) is 18.5. The molecule has 0 radical (unpaired) electrons. The second-order valence-electron chi connectivity index (χ2n) is 10.4. The van der Waals surface area contributed by atoms with E-state index in [1.165, 1.54) is 6.07 Å². The van der Waals surface area contributed by atoms with E-state index >= 15 is 0 Å². The summed E-state index contributed by atoms with van der Waals surface area (Å²) in [5, 5.41) is 0. The van der Waals surface area contributed by atoms with Crippen molar-refractivity contribution in [2.75, 3.05) is 26.3 Å². The standard InChI is InChI=1S/C31H31F2NO5/c1-31(2,3)39-27(35)19-24(29(36)28-25(32)8-5-9-26(28)33)23-7-4-6-22(18-23)20-10-12-21(13-11-20)30(37)34-14-16-38-17-15-34/h4-13,18,24H,14-17,19H2,1-3H3. The van der Waals surface area contributed by atoms with Gasteiger partial charge >= 0.3 is 5.97 Å². The molecule has 0 N–H and O–H groups in total. The Hall–Kier alpha value is -3.91. The van der Waals surface area contributed by atoms with Crippen LogP contribution in [0.15, 0.2) is 66.7 Å². The van der Waals surface area contributed by atoms with Crippen LogP contribution in [0.5, 0.6) is 0 Å². The molecule has 204 valence electrons. The highest BCUT2D eigenvalue weighted by Gasteiger charge is 2.31. The minimum atomic E-state index is -1.17. The fourth-order valence-corrected chi connectivity index (χ4v) is 4.51. The molecule has 4 rings (SSSR count). The molecule has 1 atom stereocenters. The summed E-state index contributed by atoms with van der Waals surface area (Å²) >= 11 is 0. The number of ketones is 1. The number of nitrogens with zero attached hydrogens (tertiary/aromatic N) is 1. The Morgan fingerprint density at radius 2 is 1.51 bits per heavy atom. The number of hydrogen-bond donors (Lipinski definition) is 0. The average molecular weight is 536 g/mol. The van der Waals surface area contributed by atoms with Gasteiger partial charge in [-0.25, -0.2) is 8.78 Å². The SMILES string of the molecule is CC(C)(C)OC(=O)CC(C(=O)c1c(F)cccc1F)c1cccc(-c2ccc(C(=O)N3CCOCC3)cc2)c1. The maximum Gasteiger partial charge on any atom is 0.307 e. The van der Waals surface area contributed by atoms with Gasteiger partial charge in [-0.15, -0.1) is 0 Å². The van der Waals surface area contributed by atoms with E-state index in [4.69, 9.17) is 9.47 Å². The quantitative estimate of drug-likeness (QED) is 0.282. The van der Waals surface area contributed by atoms with Crippen molar-refractivity contribution in [2.45, 2.75) is 38.7 Å². The van der Waals surface area contributed by atoms with E-state index in [0.717, 1.165) is 17.7 Å². The first-order valence-corrected chi connectivity index (χ1v) is 12.8. The molecule has 0 saturated carbocycles. The van der Waals surface area contributed by atoms with Crippen molar-refractivity contribution in [3.63, 3.8) is 0 Å². The van der Waals surface area contributed by atoms with Gasteiger partial charge < -0.3 is 14.4 Å². The number of morpholine rings is 1. The Bertz CT molecular complexity index is 1340. The predicted molar refractivity (Wildman–Crippen MR) is 142 cm³/mol. The third kappa shape index (κ3) is 6.95. The minimum Gasteiger partial charge on any atom is -0.460 e. The summed E-state index contributed by atoms with van der Waals surface area (Å²) in [7, 11) is 0. The summed E-state index contributed by atoms with van der Waals surface area (Å²) in [6.07, 6.45) is -0.389. The van der Waals surface area contributed by atoms with Gasteiger partial charge in [-0.1, -0.05) is 42.5 Å². The summed E-state index contributed by atoms with van der Waals surface area (Å²) < 4.78 is 39.8. The molecule has 1 unspecified atom stereocenters. The molecule has 39 heavy (non-hydrogen) atoms. The van der Waals surface area contributed by atoms with Crippen LogP contribution < -0.4 is 0 Å². The van der Waals surface area contributed by atoms with Crippen LogP contribution in [0, 0.1) is 11.6 Å². The monoisotopic (exact) mass is 535 g/mol. The van der Waals surface area contributed by atoms with Crippen LogP contribution in [0.2, 0.25) is 0 Å².